The molecular weight excluding hydrogens is 686 g/mol. The maximum absolute atomic E-state index is 12.2. The molecule has 0 aliphatic heterocycles. The van der Waals surface area contributed by atoms with Crippen LogP contribution in [0.2, 0.25) is 0 Å². The molecule has 0 spiro atoms. The topological polar surface area (TPSA) is 234 Å². The average molecular weight is 741 g/mol. The fraction of sp³-hybridized carbons (Fsp3) is 0.857. The van der Waals surface area contributed by atoms with Gasteiger partial charge in [-0.1, -0.05) is 73.1 Å². The van der Waals surface area contributed by atoms with Crippen LogP contribution in [-0.4, -0.2) is 92.0 Å². The molecule has 0 aliphatic rings. The summed E-state index contributed by atoms with van der Waals surface area (Å²) in [5, 5.41) is 4.95. The SMILES string of the molecule is CCC(O)OC(=O)C(CC(=O)OC)S(=O)(=O)O.CCCCC(CC)COC(=O)CC(C(=O)OCC(CC)CCCC)S(=O)(=O)O.[H-].[H-].[Na+].[Na+]. The molecule has 0 amide bonds. The van der Waals surface area contributed by atoms with Crippen LogP contribution < -0.4 is 59.1 Å². The molecule has 0 saturated carbocycles. The standard InChI is InChI=1S/C20H38O7S.C8H14O8S.2Na.2H/c1-5-9-11-16(7-3)14-26-19(21)13-18(28(23,24)25)20(22)27-15-17(8-4)12-10-6-2;1-3-6(9)16-8(11)5(17(12,13)14)4-7(10)15-2;;;;/h16-18H,5-15H2,1-4H3,(H,23,24,25);5-6,9H,3-4H2,1-2H3,(H,12,13,14);;;;/q;;2*+1;2*-1. The molecule has 0 bridgehead atoms. The summed E-state index contributed by atoms with van der Waals surface area (Å²) in [5.41, 5.74) is 0. The molecule has 5 unspecified atom stereocenters. The number of hydrogen-bond acceptors (Lipinski definition) is 13. The summed E-state index contributed by atoms with van der Waals surface area (Å²) in [4.78, 5) is 46.4. The Bertz CT molecular complexity index is 1110. The Morgan fingerprint density at radius 1 is 0.660 bits per heavy atom. The molecule has 0 rings (SSSR count). The normalized spacial score (nSPS) is 14.2. The van der Waals surface area contributed by atoms with E-state index in [-0.39, 0.29) is 93.4 Å². The van der Waals surface area contributed by atoms with Gasteiger partial charge in [-0.25, -0.2) is 0 Å². The van der Waals surface area contributed by atoms with Gasteiger partial charge in [0.25, 0.3) is 20.2 Å². The first-order valence-corrected chi connectivity index (χ1v) is 18.1. The molecule has 5 atom stereocenters. The van der Waals surface area contributed by atoms with Crippen LogP contribution in [0.25, 0.3) is 0 Å². The predicted molar refractivity (Wildman–Crippen MR) is 165 cm³/mol. The van der Waals surface area contributed by atoms with Crippen molar-refractivity contribution in [2.75, 3.05) is 20.3 Å². The number of carbonyl (C=O) groups is 4. The van der Waals surface area contributed by atoms with E-state index >= 15 is 0 Å². The van der Waals surface area contributed by atoms with Gasteiger partial charge >= 0.3 is 83.0 Å². The van der Waals surface area contributed by atoms with Gasteiger partial charge in [-0.05, 0) is 24.7 Å². The van der Waals surface area contributed by atoms with Crippen molar-refractivity contribution in [2.45, 2.75) is 122 Å². The summed E-state index contributed by atoms with van der Waals surface area (Å²) < 4.78 is 81.7. The first kappa shape index (κ1) is 53.5. The van der Waals surface area contributed by atoms with Gasteiger partial charge in [0.1, 0.15) is 0 Å². The number of unbranched alkanes of at least 4 members (excludes halogenated alkanes) is 2. The van der Waals surface area contributed by atoms with E-state index in [2.05, 4.69) is 23.3 Å². The van der Waals surface area contributed by atoms with Crippen LogP contribution >= 0.6 is 0 Å². The Morgan fingerprint density at radius 2 is 1.06 bits per heavy atom. The second-order valence-electron chi connectivity index (χ2n) is 10.4. The van der Waals surface area contributed by atoms with E-state index in [1.807, 2.05) is 13.8 Å². The molecule has 270 valence electrons. The Kier molecular flexibility index (Phi) is 33.4. The van der Waals surface area contributed by atoms with E-state index in [1.165, 1.54) is 6.92 Å². The summed E-state index contributed by atoms with van der Waals surface area (Å²) >= 11 is 0. The minimum absolute atomic E-state index is 0. The molecule has 0 aromatic heterocycles. The van der Waals surface area contributed by atoms with Gasteiger partial charge in [-0.15, -0.1) is 0 Å². The average Bonchev–Trinajstić information content (AvgIpc) is 2.97. The van der Waals surface area contributed by atoms with E-state index in [1.54, 1.807) is 0 Å². The van der Waals surface area contributed by atoms with Gasteiger partial charge < -0.3 is 26.9 Å². The second-order valence-corrected chi connectivity index (χ2v) is 13.6. The minimum atomic E-state index is -4.81. The fourth-order valence-corrected chi connectivity index (χ4v) is 4.96. The number of esters is 4. The molecule has 0 saturated heterocycles. The molecule has 0 fully saturated rings. The Hall–Kier alpha value is -0.340. The molecular formula is C28H54Na2O15S2. The van der Waals surface area contributed by atoms with E-state index in [9.17, 15) is 40.6 Å². The van der Waals surface area contributed by atoms with Gasteiger partial charge in [0.15, 0.2) is 16.8 Å². The summed E-state index contributed by atoms with van der Waals surface area (Å²) in [7, 11) is -8.58. The van der Waals surface area contributed by atoms with Crippen molar-refractivity contribution in [3.8, 4) is 0 Å². The summed E-state index contributed by atoms with van der Waals surface area (Å²) in [6.45, 7) is 9.84. The zero-order valence-corrected chi connectivity index (χ0v) is 34.8. The Morgan fingerprint density at radius 3 is 1.43 bits per heavy atom. The predicted octanol–water partition coefficient (Wildman–Crippen LogP) is -2.54. The molecule has 0 heterocycles. The number of aliphatic hydroxyl groups excluding tert-OH is 1. The van der Waals surface area contributed by atoms with Crippen molar-refractivity contribution in [3.63, 3.8) is 0 Å². The number of rotatable bonds is 22. The Labute approximate surface area is 327 Å². The van der Waals surface area contributed by atoms with Crippen LogP contribution in [0.4, 0.5) is 0 Å². The molecule has 47 heavy (non-hydrogen) atoms. The summed E-state index contributed by atoms with van der Waals surface area (Å²) in [5.74, 6) is -4.02. The second kappa shape index (κ2) is 29.4. The zero-order chi connectivity index (χ0) is 35.2. The first-order chi connectivity index (χ1) is 20.9. The maximum Gasteiger partial charge on any atom is 1.00 e. The smallest absolute Gasteiger partial charge is 1.00 e. The molecule has 3 N–H and O–H groups in total. The van der Waals surface area contributed by atoms with Crippen molar-refractivity contribution in [1.82, 2.24) is 0 Å². The van der Waals surface area contributed by atoms with Crippen molar-refractivity contribution in [2.24, 2.45) is 11.8 Å². The summed E-state index contributed by atoms with van der Waals surface area (Å²) in [6.07, 6.45) is 4.40. The van der Waals surface area contributed by atoms with Crippen molar-refractivity contribution in [1.29, 1.82) is 0 Å². The zero-order valence-electron chi connectivity index (χ0n) is 31.1. The van der Waals surface area contributed by atoms with Gasteiger partial charge in [0.2, 0.25) is 0 Å². The minimum Gasteiger partial charge on any atom is -1.00 e. The third-order valence-electron chi connectivity index (χ3n) is 6.81. The van der Waals surface area contributed by atoms with E-state index in [0.717, 1.165) is 58.5 Å². The quantitative estimate of drug-likeness (QED) is 0.0341. The monoisotopic (exact) mass is 740 g/mol. The van der Waals surface area contributed by atoms with E-state index < -0.39 is 73.7 Å². The molecule has 0 aromatic carbocycles. The van der Waals surface area contributed by atoms with Crippen molar-refractivity contribution < 1.29 is 131 Å². The van der Waals surface area contributed by atoms with Crippen LogP contribution in [0.15, 0.2) is 0 Å². The number of methoxy groups -OCH3 is 1. The number of aliphatic hydroxyl groups is 1. The van der Waals surface area contributed by atoms with Crippen LogP contribution in [0.1, 0.15) is 108 Å². The van der Waals surface area contributed by atoms with Crippen LogP contribution in [0, 0.1) is 11.8 Å². The molecule has 0 radical (unpaired) electrons. The van der Waals surface area contributed by atoms with Gasteiger partial charge in [0, 0.05) is 6.42 Å². The molecule has 15 nitrogen and oxygen atoms in total. The van der Waals surface area contributed by atoms with Crippen LogP contribution in [0.5, 0.6) is 0 Å². The largest absolute Gasteiger partial charge is 1.00 e. The number of carbonyl (C=O) groups excluding carboxylic acids is 4. The third-order valence-corrected chi connectivity index (χ3v) is 8.96. The number of hydrogen-bond donors (Lipinski definition) is 3. The van der Waals surface area contributed by atoms with Crippen molar-refractivity contribution in [3.05, 3.63) is 0 Å². The summed E-state index contributed by atoms with van der Waals surface area (Å²) in [6, 6.07) is 0. The maximum atomic E-state index is 12.2. The van der Waals surface area contributed by atoms with Crippen LogP contribution in [-0.2, 0) is 58.4 Å². The fourth-order valence-electron chi connectivity index (χ4n) is 3.66. The molecule has 0 aromatic rings. The van der Waals surface area contributed by atoms with E-state index in [0.29, 0.717) is 0 Å². The Balaban J connectivity index is -0.000000192. The van der Waals surface area contributed by atoms with Gasteiger partial charge in [-0.2, -0.15) is 16.8 Å². The van der Waals surface area contributed by atoms with Crippen LogP contribution in [0.3, 0.4) is 0 Å². The van der Waals surface area contributed by atoms with Gasteiger partial charge in [-0.3, -0.25) is 28.3 Å². The first-order valence-electron chi connectivity index (χ1n) is 15.1. The van der Waals surface area contributed by atoms with Crippen molar-refractivity contribution >= 4 is 44.1 Å². The molecule has 0 aliphatic carbocycles. The molecule has 19 heteroatoms. The van der Waals surface area contributed by atoms with Gasteiger partial charge in [0.05, 0.1) is 33.2 Å². The van der Waals surface area contributed by atoms with E-state index in [4.69, 9.17) is 19.1 Å². The third kappa shape index (κ3) is 26.2. The number of ether oxygens (including phenoxy) is 4.